The summed E-state index contributed by atoms with van der Waals surface area (Å²) in [4.78, 5) is 4.68. The lowest BCUT2D eigenvalue weighted by Gasteiger charge is -2.40. The van der Waals surface area contributed by atoms with Gasteiger partial charge in [0.05, 0.1) is 5.60 Å². The Bertz CT molecular complexity index is 629. The van der Waals surface area contributed by atoms with Crippen molar-refractivity contribution in [3.63, 3.8) is 0 Å². The largest absolute Gasteiger partial charge is 0.433 e. The summed E-state index contributed by atoms with van der Waals surface area (Å²) in [6, 6.07) is 6.91. The molecule has 0 radical (unpaired) electrons. The van der Waals surface area contributed by atoms with Gasteiger partial charge in [-0.05, 0) is 49.9 Å². The van der Waals surface area contributed by atoms with Crippen LogP contribution in [-0.4, -0.2) is 66.4 Å². The number of aliphatic hydroxyl groups is 1. The zero-order valence-corrected chi connectivity index (χ0v) is 16.6. The van der Waals surface area contributed by atoms with Crippen LogP contribution in [0.4, 0.5) is 8.78 Å². The van der Waals surface area contributed by atoms with E-state index in [9.17, 15) is 13.9 Å². The fourth-order valence-corrected chi connectivity index (χ4v) is 4.50. The maximum absolute atomic E-state index is 13.3. The van der Waals surface area contributed by atoms with Gasteiger partial charge in [0.1, 0.15) is 5.75 Å². The zero-order chi connectivity index (χ0) is 19.7. The molecule has 1 saturated carbocycles. The molecule has 4 nitrogen and oxygen atoms in total. The van der Waals surface area contributed by atoms with E-state index >= 15 is 0 Å². The fourth-order valence-electron chi connectivity index (χ4n) is 4.50. The third kappa shape index (κ3) is 5.39. The van der Waals surface area contributed by atoms with Crippen LogP contribution < -0.4 is 4.74 Å². The van der Waals surface area contributed by atoms with Gasteiger partial charge in [-0.3, -0.25) is 0 Å². The Balaban J connectivity index is 1.84. The Hall–Kier alpha value is -1.24. The molecule has 1 aliphatic carbocycles. The molecule has 6 heteroatoms. The number of nitrogens with zero attached hydrogens (tertiary/aromatic N) is 2. The molecule has 2 unspecified atom stereocenters. The van der Waals surface area contributed by atoms with Crippen LogP contribution in [-0.2, 0) is 0 Å². The predicted octanol–water partition coefficient (Wildman–Crippen LogP) is 3.56. The highest BCUT2D eigenvalue weighted by atomic mass is 19.3. The Morgan fingerprint density at radius 1 is 1.30 bits per heavy atom. The third-order valence-electron chi connectivity index (χ3n) is 6.01. The molecule has 2 fully saturated rings. The minimum absolute atomic E-state index is 0.111. The first-order valence-corrected chi connectivity index (χ1v) is 9.95. The van der Waals surface area contributed by atoms with Crippen LogP contribution in [0.1, 0.15) is 44.6 Å². The summed E-state index contributed by atoms with van der Waals surface area (Å²) < 4.78 is 31.4. The maximum Gasteiger partial charge on any atom is 0.394 e. The van der Waals surface area contributed by atoms with Crippen molar-refractivity contribution in [3.05, 3.63) is 29.8 Å². The molecule has 2 aliphatic rings. The van der Waals surface area contributed by atoms with E-state index in [0.29, 0.717) is 5.92 Å². The molecule has 0 amide bonds. The molecule has 3 atom stereocenters. The molecule has 1 aliphatic heterocycles. The van der Waals surface area contributed by atoms with Crippen LogP contribution in [0.5, 0.6) is 5.75 Å². The molecule has 0 aromatic heterocycles. The normalized spacial score (nSPS) is 29.0. The van der Waals surface area contributed by atoms with Crippen LogP contribution >= 0.6 is 0 Å². The van der Waals surface area contributed by atoms with Crippen LogP contribution in [0.3, 0.4) is 0 Å². The van der Waals surface area contributed by atoms with Crippen molar-refractivity contribution in [2.24, 2.45) is 5.92 Å². The van der Waals surface area contributed by atoms with Gasteiger partial charge in [0.15, 0.2) is 0 Å². The molecular formula is C21H32F2N2O2. The van der Waals surface area contributed by atoms with E-state index in [0.717, 1.165) is 64.5 Å². The van der Waals surface area contributed by atoms with Gasteiger partial charge in [0, 0.05) is 45.6 Å². The molecule has 1 aromatic carbocycles. The lowest BCUT2D eigenvalue weighted by atomic mass is 9.79. The summed E-state index contributed by atoms with van der Waals surface area (Å²) in [5, 5.41) is 11.5. The summed E-state index contributed by atoms with van der Waals surface area (Å²) in [6.45, 7) is 7.59. The summed E-state index contributed by atoms with van der Waals surface area (Å²) in [6.07, 6.45) is -0.717. The van der Waals surface area contributed by atoms with Crippen LogP contribution in [0.2, 0.25) is 0 Å². The summed E-state index contributed by atoms with van der Waals surface area (Å²) >= 11 is 0. The second-order valence-corrected chi connectivity index (χ2v) is 8.59. The van der Waals surface area contributed by atoms with E-state index in [1.165, 1.54) is 0 Å². The smallest absolute Gasteiger partial charge is 0.394 e. The van der Waals surface area contributed by atoms with Gasteiger partial charge < -0.3 is 19.6 Å². The number of halogens is 2. The van der Waals surface area contributed by atoms with Gasteiger partial charge in [0.2, 0.25) is 0 Å². The Kier molecular flexibility index (Phi) is 6.08. The van der Waals surface area contributed by atoms with Gasteiger partial charge in [-0.15, -0.1) is 0 Å². The van der Waals surface area contributed by atoms with Crippen molar-refractivity contribution in [3.8, 4) is 5.75 Å². The van der Waals surface area contributed by atoms with Crippen LogP contribution in [0, 0.1) is 5.92 Å². The van der Waals surface area contributed by atoms with E-state index in [1.54, 1.807) is 18.2 Å². The molecule has 1 heterocycles. The highest BCUT2D eigenvalue weighted by molar-refractivity contribution is 5.33. The van der Waals surface area contributed by atoms with Crippen LogP contribution in [0.25, 0.3) is 0 Å². The first kappa shape index (κ1) is 20.5. The van der Waals surface area contributed by atoms with Crippen molar-refractivity contribution in [1.82, 2.24) is 9.80 Å². The fraction of sp³-hybridized carbons (Fsp3) is 0.714. The highest BCUT2D eigenvalue weighted by Gasteiger charge is 2.43. The number of hydrogen-bond donors (Lipinski definition) is 1. The van der Waals surface area contributed by atoms with Crippen molar-refractivity contribution in [1.29, 1.82) is 0 Å². The quantitative estimate of drug-likeness (QED) is 0.816. The monoisotopic (exact) mass is 382 g/mol. The van der Waals surface area contributed by atoms with Gasteiger partial charge >= 0.3 is 6.11 Å². The molecule has 0 spiro atoms. The Labute approximate surface area is 161 Å². The van der Waals surface area contributed by atoms with Crippen molar-refractivity contribution in [2.45, 2.75) is 50.7 Å². The maximum atomic E-state index is 13.3. The number of alkyl halides is 2. The van der Waals surface area contributed by atoms with E-state index < -0.39 is 11.7 Å². The third-order valence-corrected chi connectivity index (χ3v) is 6.01. The molecule has 0 bridgehead atoms. The van der Waals surface area contributed by atoms with E-state index in [-0.39, 0.29) is 11.7 Å². The second-order valence-electron chi connectivity index (χ2n) is 8.59. The highest BCUT2D eigenvalue weighted by Crippen LogP contribution is 2.45. The molecule has 1 aromatic rings. The SMILES string of the molecule is C[C@@H]1CCC(O)(C(CN2CCN(C)CC2)c2cccc(OC(C)(F)F)c2)C1. The zero-order valence-electron chi connectivity index (χ0n) is 16.6. The number of hydrogen-bond acceptors (Lipinski definition) is 4. The lowest BCUT2D eigenvalue weighted by molar-refractivity contribution is -0.159. The number of ether oxygens (including phenoxy) is 1. The average Bonchev–Trinajstić information content (AvgIpc) is 2.93. The summed E-state index contributed by atoms with van der Waals surface area (Å²) in [5.41, 5.74) is 0.0862. The number of likely N-dealkylation sites (N-methyl/N-ethyl adjacent to an activating group) is 1. The van der Waals surface area contributed by atoms with Crippen molar-refractivity contribution < 1.29 is 18.6 Å². The van der Waals surface area contributed by atoms with E-state index in [4.69, 9.17) is 4.74 Å². The molecule has 1 saturated heterocycles. The lowest BCUT2D eigenvalue weighted by Crippen LogP contribution is -2.49. The van der Waals surface area contributed by atoms with Gasteiger partial charge in [-0.1, -0.05) is 19.1 Å². The number of rotatable bonds is 6. The summed E-state index contributed by atoms with van der Waals surface area (Å²) in [5.74, 6) is 0.516. The predicted molar refractivity (Wildman–Crippen MR) is 102 cm³/mol. The molecular weight excluding hydrogens is 350 g/mol. The molecule has 27 heavy (non-hydrogen) atoms. The summed E-state index contributed by atoms with van der Waals surface area (Å²) in [7, 11) is 2.12. The molecule has 1 N–H and O–H groups in total. The Morgan fingerprint density at radius 3 is 2.59 bits per heavy atom. The first-order valence-electron chi connectivity index (χ1n) is 9.95. The molecule has 152 valence electrons. The van der Waals surface area contributed by atoms with E-state index in [2.05, 4.69) is 23.8 Å². The van der Waals surface area contributed by atoms with Gasteiger partial charge in [-0.2, -0.15) is 8.78 Å². The van der Waals surface area contributed by atoms with E-state index in [1.807, 2.05) is 6.07 Å². The average molecular weight is 382 g/mol. The number of benzene rings is 1. The topological polar surface area (TPSA) is 35.9 Å². The Morgan fingerprint density at radius 2 is 2.00 bits per heavy atom. The van der Waals surface area contributed by atoms with Crippen molar-refractivity contribution in [2.75, 3.05) is 39.8 Å². The van der Waals surface area contributed by atoms with Crippen molar-refractivity contribution >= 4 is 0 Å². The van der Waals surface area contributed by atoms with Gasteiger partial charge in [0.25, 0.3) is 0 Å². The minimum atomic E-state index is -3.22. The first-order chi connectivity index (χ1) is 12.6. The molecule has 3 rings (SSSR count). The van der Waals surface area contributed by atoms with Crippen LogP contribution in [0.15, 0.2) is 24.3 Å². The standard InChI is InChI=1S/C21H32F2N2O2/c1-16-7-8-21(26,14-16)19(15-25-11-9-24(3)10-12-25)17-5-4-6-18(13-17)27-20(2,22)23/h4-6,13,16,19,26H,7-12,14-15H2,1-3H3/t16-,19?,21?/m1/s1. The second kappa shape index (κ2) is 8.02. The number of piperazine rings is 1. The minimum Gasteiger partial charge on any atom is -0.433 e. The van der Waals surface area contributed by atoms with Gasteiger partial charge in [-0.25, -0.2) is 0 Å².